The second kappa shape index (κ2) is 8.43. The molecule has 0 atom stereocenters. The first-order chi connectivity index (χ1) is 12.7. The van der Waals surface area contributed by atoms with Crippen molar-refractivity contribution in [1.29, 1.82) is 0 Å². The predicted octanol–water partition coefficient (Wildman–Crippen LogP) is 2.80. The fourth-order valence-electron chi connectivity index (χ4n) is 1.86. The molecule has 0 spiro atoms. The van der Waals surface area contributed by atoms with Gasteiger partial charge in [-0.15, -0.1) is 0 Å². The van der Waals surface area contributed by atoms with E-state index >= 15 is 0 Å². The van der Waals surface area contributed by atoms with Gasteiger partial charge in [-0.3, -0.25) is 4.99 Å². The van der Waals surface area contributed by atoms with Crippen LogP contribution in [-0.4, -0.2) is 42.6 Å². The minimum absolute atomic E-state index is 0.0666. The summed E-state index contributed by atoms with van der Waals surface area (Å²) in [7, 11) is 3.59. The Balaban J connectivity index is 2.08. The Morgan fingerprint density at radius 2 is 2.04 bits per heavy atom. The molecule has 0 aliphatic heterocycles. The lowest BCUT2D eigenvalue weighted by Crippen LogP contribution is -2.17. The van der Waals surface area contributed by atoms with E-state index in [9.17, 15) is 17.6 Å². The summed E-state index contributed by atoms with van der Waals surface area (Å²) >= 11 is 0. The van der Waals surface area contributed by atoms with Crippen LogP contribution in [0.25, 0.3) is 0 Å². The van der Waals surface area contributed by atoms with Crippen molar-refractivity contribution in [3.05, 3.63) is 41.8 Å². The van der Waals surface area contributed by atoms with E-state index in [0.717, 1.165) is 12.3 Å². The number of nitrogens with two attached hydrogens (primary N) is 1. The second-order valence-corrected chi connectivity index (χ2v) is 5.42. The van der Waals surface area contributed by atoms with Gasteiger partial charge >= 0.3 is 12.2 Å². The quantitative estimate of drug-likeness (QED) is 0.358. The molecule has 1 aromatic carbocycles. The molecule has 0 radical (unpaired) electrons. The third-order valence-electron chi connectivity index (χ3n) is 3.21. The van der Waals surface area contributed by atoms with E-state index in [0.29, 0.717) is 18.0 Å². The van der Waals surface area contributed by atoms with E-state index in [1.54, 1.807) is 25.1 Å². The zero-order chi connectivity index (χ0) is 20.0. The van der Waals surface area contributed by atoms with Crippen LogP contribution in [-0.2, 0) is 6.18 Å². The van der Waals surface area contributed by atoms with Crippen molar-refractivity contribution >= 4 is 23.4 Å². The number of benzene rings is 1. The SMILES string of the molecule is CN(C)c1ccnc(OCC(C=Nc2ccc(F)c(C(F)(F)F)c2)=NN)n1. The Morgan fingerprint density at radius 1 is 1.30 bits per heavy atom. The molecule has 7 nitrogen and oxygen atoms in total. The zero-order valence-electron chi connectivity index (χ0n) is 14.4. The van der Waals surface area contributed by atoms with Crippen LogP contribution in [0.3, 0.4) is 0 Å². The number of hydrogen-bond donors (Lipinski definition) is 1. The molecular weight excluding hydrogens is 368 g/mol. The average Bonchev–Trinajstić information content (AvgIpc) is 2.62. The molecule has 11 heteroatoms. The topological polar surface area (TPSA) is 89.0 Å². The van der Waals surface area contributed by atoms with Crippen LogP contribution in [0, 0.1) is 5.82 Å². The molecule has 2 aromatic rings. The van der Waals surface area contributed by atoms with Gasteiger partial charge in [0.1, 0.15) is 24.0 Å². The van der Waals surface area contributed by atoms with Crippen LogP contribution in [0.1, 0.15) is 5.56 Å². The summed E-state index contributed by atoms with van der Waals surface area (Å²) in [6.07, 6.45) is -2.20. The second-order valence-electron chi connectivity index (χ2n) is 5.42. The highest BCUT2D eigenvalue weighted by Gasteiger charge is 2.34. The first-order valence-electron chi connectivity index (χ1n) is 7.51. The van der Waals surface area contributed by atoms with Gasteiger partial charge in [0.05, 0.1) is 17.5 Å². The number of aliphatic imine (C=N–C) groups is 1. The molecule has 144 valence electrons. The summed E-state index contributed by atoms with van der Waals surface area (Å²) in [5.41, 5.74) is -1.41. The number of aromatic nitrogens is 2. The summed E-state index contributed by atoms with van der Waals surface area (Å²) in [4.78, 5) is 13.6. The van der Waals surface area contributed by atoms with Gasteiger partial charge in [0.2, 0.25) is 0 Å². The summed E-state index contributed by atoms with van der Waals surface area (Å²) in [5, 5.41) is 3.44. The summed E-state index contributed by atoms with van der Waals surface area (Å²) < 4.78 is 56.8. The third-order valence-corrected chi connectivity index (χ3v) is 3.21. The molecule has 0 unspecified atom stereocenters. The van der Waals surface area contributed by atoms with Crippen LogP contribution in [0.4, 0.5) is 29.1 Å². The van der Waals surface area contributed by atoms with Gasteiger partial charge in [-0.05, 0) is 24.3 Å². The maximum atomic E-state index is 13.3. The summed E-state index contributed by atoms with van der Waals surface area (Å²) in [5.74, 6) is 4.47. The van der Waals surface area contributed by atoms with E-state index in [-0.39, 0.29) is 24.0 Å². The molecule has 0 amide bonds. The Bertz CT molecular complexity index is 851. The molecule has 0 bridgehead atoms. The van der Waals surface area contributed by atoms with Crippen LogP contribution >= 0.6 is 0 Å². The molecule has 0 saturated carbocycles. The van der Waals surface area contributed by atoms with Gasteiger partial charge in [-0.25, -0.2) is 9.37 Å². The average molecular weight is 384 g/mol. The highest BCUT2D eigenvalue weighted by atomic mass is 19.4. The Kier molecular flexibility index (Phi) is 6.27. The molecule has 1 aromatic heterocycles. The number of hydrogen-bond acceptors (Lipinski definition) is 7. The monoisotopic (exact) mass is 384 g/mol. The van der Waals surface area contributed by atoms with Crippen molar-refractivity contribution in [3.8, 4) is 6.01 Å². The van der Waals surface area contributed by atoms with Crippen molar-refractivity contribution in [1.82, 2.24) is 9.97 Å². The number of anilines is 1. The highest BCUT2D eigenvalue weighted by Crippen LogP contribution is 2.33. The summed E-state index contributed by atoms with van der Waals surface area (Å²) in [6, 6.07) is 4.12. The van der Waals surface area contributed by atoms with Crippen LogP contribution < -0.4 is 15.5 Å². The molecule has 2 N–H and O–H groups in total. The summed E-state index contributed by atoms with van der Waals surface area (Å²) in [6.45, 7) is -0.162. The van der Waals surface area contributed by atoms with Crippen molar-refractivity contribution in [2.75, 3.05) is 25.6 Å². The fraction of sp³-hybridized carbons (Fsp3) is 0.250. The minimum Gasteiger partial charge on any atom is -0.457 e. The number of alkyl halides is 3. The lowest BCUT2D eigenvalue weighted by atomic mass is 10.2. The number of rotatable bonds is 6. The number of halogens is 4. The van der Waals surface area contributed by atoms with Gasteiger partial charge < -0.3 is 15.5 Å². The van der Waals surface area contributed by atoms with Crippen molar-refractivity contribution < 1.29 is 22.3 Å². The van der Waals surface area contributed by atoms with E-state index < -0.39 is 17.6 Å². The van der Waals surface area contributed by atoms with Crippen molar-refractivity contribution in [2.45, 2.75) is 6.18 Å². The first-order valence-corrected chi connectivity index (χ1v) is 7.51. The van der Waals surface area contributed by atoms with Crippen LogP contribution in [0.15, 0.2) is 40.6 Å². The number of hydrazone groups is 1. The molecular formula is C16H16F4N6O. The third kappa shape index (κ3) is 5.62. The molecule has 27 heavy (non-hydrogen) atoms. The van der Waals surface area contributed by atoms with Crippen molar-refractivity contribution in [2.24, 2.45) is 15.9 Å². The Morgan fingerprint density at radius 3 is 2.67 bits per heavy atom. The molecule has 0 saturated heterocycles. The van der Waals surface area contributed by atoms with Crippen LogP contribution in [0.5, 0.6) is 6.01 Å². The standard InChI is InChI=1S/C16H16F4N6O/c1-26(2)14-5-6-22-15(24-14)27-9-11(25-21)8-23-10-3-4-13(17)12(7-10)16(18,19)20/h3-8H,9,21H2,1-2H3. The van der Waals surface area contributed by atoms with E-state index in [1.807, 2.05) is 0 Å². The molecule has 0 fully saturated rings. The zero-order valence-corrected chi connectivity index (χ0v) is 14.4. The van der Waals surface area contributed by atoms with Crippen LogP contribution in [0.2, 0.25) is 0 Å². The fourth-order valence-corrected chi connectivity index (χ4v) is 1.86. The van der Waals surface area contributed by atoms with Gasteiger partial charge in [-0.1, -0.05) is 0 Å². The number of nitrogens with zero attached hydrogens (tertiary/aromatic N) is 5. The molecule has 0 aliphatic rings. The molecule has 2 rings (SSSR count). The predicted molar refractivity (Wildman–Crippen MR) is 93.0 cm³/mol. The minimum atomic E-state index is -4.82. The molecule has 0 aliphatic carbocycles. The highest BCUT2D eigenvalue weighted by molar-refractivity contribution is 6.31. The lowest BCUT2D eigenvalue weighted by molar-refractivity contribution is -0.139. The lowest BCUT2D eigenvalue weighted by Gasteiger charge is -2.11. The van der Waals surface area contributed by atoms with Gasteiger partial charge in [0.15, 0.2) is 0 Å². The normalized spacial score (nSPS) is 12.4. The Hall–Kier alpha value is -3.24. The van der Waals surface area contributed by atoms with Gasteiger partial charge in [0, 0.05) is 20.3 Å². The maximum absolute atomic E-state index is 13.3. The van der Waals surface area contributed by atoms with E-state index in [4.69, 9.17) is 10.6 Å². The smallest absolute Gasteiger partial charge is 0.419 e. The largest absolute Gasteiger partial charge is 0.457 e. The first kappa shape index (κ1) is 20.1. The molecule has 1 heterocycles. The van der Waals surface area contributed by atoms with Gasteiger partial charge in [0.25, 0.3) is 0 Å². The maximum Gasteiger partial charge on any atom is 0.419 e. The van der Waals surface area contributed by atoms with E-state index in [2.05, 4.69) is 20.1 Å². The van der Waals surface area contributed by atoms with E-state index in [1.165, 1.54) is 6.20 Å². The number of ether oxygens (including phenoxy) is 1. The Labute approximate surface area is 152 Å². The van der Waals surface area contributed by atoms with Crippen molar-refractivity contribution in [3.63, 3.8) is 0 Å². The van der Waals surface area contributed by atoms with Gasteiger partial charge in [-0.2, -0.15) is 23.3 Å².